The third-order valence-corrected chi connectivity index (χ3v) is 0. The second kappa shape index (κ2) is 39.6. The summed E-state index contributed by atoms with van der Waals surface area (Å²) in [5, 5.41) is 0. The molecule has 0 saturated carbocycles. The number of hydrogen-bond acceptors (Lipinski definition) is 0. The Hall–Kier alpha value is 1.88. The monoisotopic (exact) mass is 212 g/mol. The molecule has 0 aliphatic carbocycles. The number of hydrogen-bond donors (Lipinski definition) is 0. The summed E-state index contributed by atoms with van der Waals surface area (Å²) in [7, 11) is 0. The second-order valence-electron chi connectivity index (χ2n) is 0. The predicted octanol–water partition coefficient (Wildman–Crippen LogP) is -8.79. The average Bonchev–Trinajstić information content (AvgIpc) is 0. The smallest absolute Gasteiger partial charge is 1.00 e. The van der Waals surface area contributed by atoms with Crippen molar-refractivity contribution in [3.63, 3.8) is 0 Å². The Morgan fingerprint density at radius 3 is 0.600 bits per heavy atom. The molecule has 0 bridgehead atoms. The molecule has 0 nitrogen and oxygen atoms in total. The van der Waals surface area contributed by atoms with Crippen LogP contribution >= 0.6 is 17.0 Å². The van der Waals surface area contributed by atoms with Gasteiger partial charge in [-0.3, -0.25) is 0 Å². The Kier molecular flexibility index (Phi) is 532. The molecule has 0 amide bonds. The van der Waals surface area contributed by atoms with E-state index in [0.29, 0.717) is 0 Å². The van der Waals surface area contributed by atoms with Gasteiger partial charge in [0.15, 0.2) is 0 Å². The van der Waals surface area contributed by atoms with Crippen LogP contribution in [-0.4, -0.2) is 17.4 Å². The van der Waals surface area contributed by atoms with Crippen LogP contribution < -0.4 is 37.2 Å². The van der Waals surface area contributed by atoms with E-state index in [2.05, 4.69) is 0 Å². The minimum atomic E-state index is 0. The molecule has 0 spiro atoms. The fourth-order valence-electron chi connectivity index (χ4n) is 0. The molecule has 0 fully saturated rings. The van der Waals surface area contributed by atoms with E-state index in [0.717, 1.165) is 0 Å². The topological polar surface area (TPSA) is 0 Å². The molecule has 0 rings (SSSR count). The van der Waals surface area contributed by atoms with E-state index in [-0.39, 0.29) is 71.6 Å². The van der Waals surface area contributed by atoms with E-state index < -0.39 is 0 Å². The van der Waals surface area contributed by atoms with Gasteiger partial charge in [-0.2, -0.15) is 0 Å². The molecule has 0 N–H and O–H groups in total. The van der Waals surface area contributed by atoms with Gasteiger partial charge in [-0.15, -0.1) is 17.0 Å². The first-order valence-electron chi connectivity index (χ1n) is 0. The molecule has 0 aromatic heterocycles. The molecule has 0 aromatic carbocycles. The van der Waals surface area contributed by atoms with Crippen molar-refractivity contribution in [2.75, 3.05) is 0 Å². The van der Waals surface area contributed by atoms with Crippen LogP contribution in [0, 0.1) is 0 Å². The molecule has 5 heavy (non-hydrogen) atoms. The van der Waals surface area contributed by atoms with Crippen molar-refractivity contribution in [1.82, 2.24) is 0 Å². The maximum absolute atomic E-state index is 0. The van der Waals surface area contributed by atoms with E-state index in [1.54, 1.807) is 0 Å². The van der Waals surface area contributed by atoms with Crippen LogP contribution in [0.2, 0.25) is 0 Å². The van der Waals surface area contributed by atoms with Crippen molar-refractivity contribution >= 4 is 34.3 Å². The molecule has 0 radical (unpaired) electrons. The summed E-state index contributed by atoms with van der Waals surface area (Å²) < 4.78 is 0. The van der Waals surface area contributed by atoms with Crippen LogP contribution in [0.4, 0.5) is 0 Å². The zero-order valence-corrected chi connectivity index (χ0v) is 7.26. The standard InChI is InChI=1S/Al.BrH.3ClH/h;4*1H/q+3;;;;/p-3. The maximum Gasteiger partial charge on any atom is 3.00 e. The largest absolute Gasteiger partial charge is 3.00 e. The predicted molar refractivity (Wildman–Crippen MR) is 16.1 cm³/mol. The van der Waals surface area contributed by atoms with Gasteiger partial charge in [0, 0.05) is 0 Å². The Bertz CT molecular complexity index is 6.85. The Morgan fingerprint density at radius 2 is 0.600 bits per heavy atom. The van der Waals surface area contributed by atoms with Gasteiger partial charge in [0.25, 0.3) is 0 Å². The summed E-state index contributed by atoms with van der Waals surface area (Å²) in [6.07, 6.45) is 0. The molecule has 5 heteroatoms. The van der Waals surface area contributed by atoms with E-state index in [1.165, 1.54) is 0 Å². The van der Waals surface area contributed by atoms with Crippen molar-refractivity contribution in [2.24, 2.45) is 0 Å². The van der Waals surface area contributed by atoms with Crippen molar-refractivity contribution in [2.45, 2.75) is 0 Å². The summed E-state index contributed by atoms with van der Waals surface area (Å²) in [6.45, 7) is 0. The van der Waals surface area contributed by atoms with Crippen LogP contribution in [-0.2, 0) is 0 Å². The van der Waals surface area contributed by atoms with Crippen LogP contribution in [0.5, 0.6) is 0 Å². The minimum Gasteiger partial charge on any atom is -1.00 e. The van der Waals surface area contributed by atoms with Gasteiger partial charge in [0.1, 0.15) is 0 Å². The molecule has 0 heterocycles. The molecule has 32 valence electrons. The molecule has 0 aliphatic heterocycles. The fraction of sp³-hybridized carbons (Fsp3) is 0. The number of halogens is 4. The van der Waals surface area contributed by atoms with Crippen molar-refractivity contribution in [3.8, 4) is 0 Å². The van der Waals surface area contributed by atoms with Crippen molar-refractivity contribution < 1.29 is 37.2 Å². The third-order valence-electron chi connectivity index (χ3n) is 0. The van der Waals surface area contributed by atoms with Gasteiger partial charge < -0.3 is 37.2 Å². The second-order valence-corrected chi connectivity index (χ2v) is 0. The SMILES string of the molecule is Br.[Al+3].[Cl-].[Cl-].[Cl-]. The molecule has 0 aromatic rings. The quantitative estimate of drug-likeness (QED) is 0.351. The zero-order chi connectivity index (χ0) is 0. The maximum atomic E-state index is 0. The van der Waals surface area contributed by atoms with Gasteiger partial charge in [0.2, 0.25) is 0 Å². The average molecular weight is 214 g/mol. The molecule has 0 aliphatic rings. The Labute approximate surface area is 71.2 Å². The minimum absolute atomic E-state index is 0. The first-order chi connectivity index (χ1) is 0. The summed E-state index contributed by atoms with van der Waals surface area (Å²) in [4.78, 5) is 0. The summed E-state index contributed by atoms with van der Waals surface area (Å²) in [5.41, 5.74) is 0. The van der Waals surface area contributed by atoms with E-state index in [1.807, 2.05) is 0 Å². The van der Waals surface area contributed by atoms with Gasteiger partial charge in [-0.1, -0.05) is 0 Å². The van der Waals surface area contributed by atoms with Crippen LogP contribution in [0.25, 0.3) is 0 Å². The first kappa shape index (κ1) is 67.2. The molecular formula is HAlBrCl3. The Morgan fingerprint density at radius 1 is 0.600 bits per heavy atom. The zero-order valence-electron chi connectivity index (χ0n) is 2.12. The van der Waals surface area contributed by atoms with Gasteiger partial charge >= 0.3 is 17.4 Å². The summed E-state index contributed by atoms with van der Waals surface area (Å²) in [5.74, 6) is 0. The van der Waals surface area contributed by atoms with Crippen LogP contribution in [0.15, 0.2) is 0 Å². The normalized spacial score (nSPS) is 0. The van der Waals surface area contributed by atoms with Crippen molar-refractivity contribution in [1.29, 1.82) is 0 Å². The van der Waals surface area contributed by atoms with E-state index in [9.17, 15) is 0 Å². The first-order valence-corrected chi connectivity index (χ1v) is 0. The molecular weight excluding hydrogens is 213 g/mol. The number of rotatable bonds is 0. The van der Waals surface area contributed by atoms with E-state index in [4.69, 9.17) is 0 Å². The van der Waals surface area contributed by atoms with E-state index >= 15 is 0 Å². The Balaban J connectivity index is 0. The summed E-state index contributed by atoms with van der Waals surface area (Å²) in [6, 6.07) is 0. The molecule has 0 saturated heterocycles. The van der Waals surface area contributed by atoms with Gasteiger partial charge in [-0.05, 0) is 0 Å². The molecule has 0 unspecified atom stereocenters. The summed E-state index contributed by atoms with van der Waals surface area (Å²) >= 11 is 0. The third kappa shape index (κ3) is 25.0. The van der Waals surface area contributed by atoms with Gasteiger partial charge in [-0.25, -0.2) is 0 Å². The molecule has 0 atom stereocenters. The van der Waals surface area contributed by atoms with Crippen molar-refractivity contribution in [3.05, 3.63) is 0 Å². The fourth-order valence-corrected chi connectivity index (χ4v) is 0. The van der Waals surface area contributed by atoms with Gasteiger partial charge in [0.05, 0.1) is 0 Å². The van der Waals surface area contributed by atoms with Crippen LogP contribution in [0.1, 0.15) is 0 Å². The van der Waals surface area contributed by atoms with Crippen LogP contribution in [0.3, 0.4) is 0 Å².